The van der Waals surface area contributed by atoms with Gasteiger partial charge >= 0.3 is 0 Å². The molecule has 0 unspecified atom stereocenters. The Hall–Kier alpha value is -2.31. The molecule has 0 fully saturated rings. The lowest BCUT2D eigenvalue weighted by molar-refractivity contribution is 0.276. The van der Waals surface area contributed by atoms with E-state index in [0.29, 0.717) is 24.1 Å². The van der Waals surface area contributed by atoms with Gasteiger partial charge in [-0.25, -0.2) is 4.68 Å². The average molecular weight is 382 g/mol. The molecule has 0 N–H and O–H groups in total. The van der Waals surface area contributed by atoms with Gasteiger partial charge in [0.15, 0.2) is 8.32 Å². The Morgan fingerprint density at radius 1 is 1.00 bits per heavy atom. The van der Waals surface area contributed by atoms with Gasteiger partial charge < -0.3 is 4.43 Å². The summed E-state index contributed by atoms with van der Waals surface area (Å²) in [6.07, 6.45) is 0. The van der Waals surface area contributed by atoms with E-state index in [2.05, 4.69) is 56.3 Å². The second-order valence-corrected chi connectivity index (χ2v) is 13.2. The zero-order chi connectivity index (χ0) is 19.7. The molecule has 0 spiro atoms. The van der Waals surface area contributed by atoms with Crippen molar-refractivity contribution in [2.45, 2.75) is 52.1 Å². The number of fused-ring (bicyclic) bond motifs is 1. The number of hydrogen-bond donors (Lipinski definition) is 0. The van der Waals surface area contributed by atoms with Crippen LogP contribution in [-0.4, -0.2) is 23.3 Å². The quantitative estimate of drug-likeness (QED) is 0.616. The van der Waals surface area contributed by atoms with E-state index in [1.54, 1.807) is 12.1 Å². The first-order chi connectivity index (χ1) is 12.7. The number of nitrogens with zero attached hydrogens (tertiary/aromatic N) is 3. The average Bonchev–Trinajstić information content (AvgIpc) is 2.63. The van der Waals surface area contributed by atoms with Crippen molar-refractivity contribution in [1.29, 1.82) is 0 Å². The van der Waals surface area contributed by atoms with Gasteiger partial charge in [0.2, 0.25) is 0 Å². The Kier molecular flexibility index (Phi) is 5.30. The molecule has 0 aliphatic rings. The summed E-state index contributed by atoms with van der Waals surface area (Å²) in [5.74, 6) is 0. The maximum atomic E-state index is 12.6. The van der Waals surface area contributed by atoms with Gasteiger partial charge in [-0.05, 0) is 41.4 Å². The molecule has 2 aromatic carbocycles. The van der Waals surface area contributed by atoms with Crippen molar-refractivity contribution in [1.82, 2.24) is 15.0 Å². The molecule has 1 aromatic heterocycles. The Morgan fingerprint density at radius 3 is 2.30 bits per heavy atom. The third kappa shape index (κ3) is 4.34. The number of rotatable bonds is 5. The molecule has 0 bridgehead atoms. The predicted molar refractivity (Wildman–Crippen MR) is 111 cm³/mol. The van der Waals surface area contributed by atoms with E-state index < -0.39 is 8.32 Å². The van der Waals surface area contributed by atoms with E-state index in [-0.39, 0.29) is 10.6 Å². The van der Waals surface area contributed by atoms with Crippen LogP contribution in [0.2, 0.25) is 18.1 Å². The maximum Gasteiger partial charge on any atom is 0.277 e. The summed E-state index contributed by atoms with van der Waals surface area (Å²) in [4.78, 5) is 12.6. The van der Waals surface area contributed by atoms with Crippen molar-refractivity contribution >= 4 is 19.2 Å². The highest BCUT2D eigenvalue weighted by molar-refractivity contribution is 6.74. The highest BCUT2D eigenvalue weighted by atomic mass is 28.4. The van der Waals surface area contributed by atoms with Gasteiger partial charge in [0.1, 0.15) is 5.52 Å². The van der Waals surface area contributed by atoms with Crippen molar-refractivity contribution in [2.24, 2.45) is 0 Å². The summed E-state index contributed by atoms with van der Waals surface area (Å²) in [6.45, 7) is 12.3. The van der Waals surface area contributed by atoms with Gasteiger partial charge in [0, 0.05) is 0 Å². The summed E-state index contributed by atoms with van der Waals surface area (Å²) in [6, 6.07) is 15.4. The van der Waals surface area contributed by atoms with Gasteiger partial charge in [0.25, 0.3) is 5.56 Å². The molecule has 6 heteroatoms. The zero-order valence-electron chi connectivity index (χ0n) is 16.7. The van der Waals surface area contributed by atoms with E-state index >= 15 is 0 Å². The van der Waals surface area contributed by atoms with Gasteiger partial charge in [-0.2, -0.15) is 0 Å². The van der Waals surface area contributed by atoms with Crippen LogP contribution >= 0.6 is 0 Å². The topological polar surface area (TPSA) is 57.0 Å². The fraction of sp³-hybridized carbons (Fsp3) is 0.381. The molecule has 0 aliphatic heterocycles. The molecule has 142 valence electrons. The lowest BCUT2D eigenvalue weighted by Gasteiger charge is -2.36. The van der Waals surface area contributed by atoms with E-state index in [1.807, 2.05) is 24.3 Å². The molecule has 3 aromatic rings. The summed E-state index contributed by atoms with van der Waals surface area (Å²) in [5.41, 5.74) is 2.65. The van der Waals surface area contributed by atoms with E-state index in [9.17, 15) is 4.79 Å². The normalized spacial score (nSPS) is 12.5. The molecular weight excluding hydrogens is 354 g/mol. The van der Waals surface area contributed by atoms with Crippen molar-refractivity contribution in [3.8, 4) is 0 Å². The van der Waals surface area contributed by atoms with Crippen LogP contribution in [0.3, 0.4) is 0 Å². The third-order valence-corrected chi connectivity index (χ3v) is 9.87. The van der Waals surface area contributed by atoms with E-state index in [4.69, 9.17) is 4.43 Å². The molecule has 0 saturated carbocycles. The molecule has 0 saturated heterocycles. The first kappa shape index (κ1) is 19.4. The van der Waals surface area contributed by atoms with Crippen LogP contribution in [0.4, 0.5) is 0 Å². The molecule has 27 heavy (non-hydrogen) atoms. The van der Waals surface area contributed by atoms with Crippen LogP contribution in [0.15, 0.2) is 53.3 Å². The zero-order valence-corrected chi connectivity index (χ0v) is 17.7. The molecule has 0 aliphatic carbocycles. The molecule has 0 radical (unpaired) electrons. The van der Waals surface area contributed by atoms with Crippen molar-refractivity contribution in [2.75, 3.05) is 0 Å². The molecule has 1 heterocycles. The SMILES string of the molecule is CC(C)(C)[Si](C)(C)OCc1ccc(Cn2nnc3ccccc3c2=O)cc1. The van der Waals surface area contributed by atoms with E-state index in [0.717, 1.165) is 11.1 Å². The fourth-order valence-electron chi connectivity index (χ4n) is 2.52. The first-order valence-electron chi connectivity index (χ1n) is 9.22. The van der Waals surface area contributed by atoms with Gasteiger partial charge in [-0.3, -0.25) is 4.79 Å². The largest absolute Gasteiger partial charge is 0.413 e. The number of aromatic nitrogens is 3. The smallest absolute Gasteiger partial charge is 0.277 e. The Balaban J connectivity index is 1.71. The minimum Gasteiger partial charge on any atom is -0.413 e. The lowest BCUT2D eigenvalue weighted by atomic mass is 10.1. The maximum absolute atomic E-state index is 12.6. The molecular formula is C21H27N3O2Si. The monoisotopic (exact) mass is 381 g/mol. The molecule has 5 nitrogen and oxygen atoms in total. The Morgan fingerprint density at radius 2 is 1.63 bits per heavy atom. The summed E-state index contributed by atoms with van der Waals surface area (Å²) < 4.78 is 7.67. The number of benzene rings is 2. The van der Waals surface area contributed by atoms with Crippen LogP contribution in [0, 0.1) is 0 Å². The minimum atomic E-state index is -1.76. The molecule has 0 atom stereocenters. The second-order valence-electron chi connectivity index (χ2n) is 8.43. The van der Waals surface area contributed by atoms with Gasteiger partial charge in [-0.1, -0.05) is 62.4 Å². The van der Waals surface area contributed by atoms with Gasteiger partial charge in [0.05, 0.1) is 18.5 Å². The lowest BCUT2D eigenvalue weighted by Crippen LogP contribution is -2.40. The van der Waals surface area contributed by atoms with Gasteiger partial charge in [-0.15, -0.1) is 5.10 Å². The third-order valence-electron chi connectivity index (χ3n) is 5.39. The standard InChI is InChI=1S/C21H27N3O2Si/c1-21(2,3)27(4,5)26-15-17-12-10-16(11-13-17)14-24-20(25)18-8-6-7-9-19(18)22-23-24/h6-13H,14-15H2,1-5H3. The molecule has 3 rings (SSSR count). The van der Waals surface area contributed by atoms with Crippen molar-refractivity contribution in [3.05, 3.63) is 70.0 Å². The van der Waals surface area contributed by atoms with Crippen LogP contribution in [0.1, 0.15) is 31.9 Å². The predicted octanol–water partition coefficient (Wildman–Crippen LogP) is 4.36. The summed E-state index contributed by atoms with van der Waals surface area (Å²) >= 11 is 0. The van der Waals surface area contributed by atoms with E-state index in [1.165, 1.54) is 4.68 Å². The van der Waals surface area contributed by atoms with Crippen molar-refractivity contribution in [3.63, 3.8) is 0 Å². The first-order valence-corrected chi connectivity index (χ1v) is 12.1. The minimum absolute atomic E-state index is 0.120. The summed E-state index contributed by atoms with van der Waals surface area (Å²) in [5, 5.41) is 8.97. The molecule has 0 amide bonds. The summed E-state index contributed by atoms with van der Waals surface area (Å²) in [7, 11) is -1.76. The van der Waals surface area contributed by atoms with Crippen molar-refractivity contribution < 1.29 is 4.43 Å². The highest BCUT2D eigenvalue weighted by Crippen LogP contribution is 2.37. The van der Waals surface area contributed by atoms with Crippen LogP contribution in [-0.2, 0) is 17.6 Å². The highest BCUT2D eigenvalue weighted by Gasteiger charge is 2.36. The van der Waals surface area contributed by atoms with Crippen LogP contribution < -0.4 is 5.56 Å². The second kappa shape index (κ2) is 7.36. The Bertz CT molecular complexity index is 989. The fourth-order valence-corrected chi connectivity index (χ4v) is 3.48. The number of hydrogen-bond acceptors (Lipinski definition) is 4. The van der Waals surface area contributed by atoms with Crippen LogP contribution in [0.25, 0.3) is 10.9 Å². The Labute approximate surface area is 161 Å². The van der Waals surface area contributed by atoms with Crippen LogP contribution in [0.5, 0.6) is 0 Å².